The first-order valence-electron chi connectivity index (χ1n) is 4.54. The van der Waals surface area contributed by atoms with Crippen molar-refractivity contribution in [3.05, 3.63) is 42.9 Å². The van der Waals surface area contributed by atoms with Crippen LogP contribution < -0.4 is 0 Å². The van der Waals surface area contributed by atoms with Gasteiger partial charge in [-0.2, -0.15) is 0 Å². The topological polar surface area (TPSA) is 103 Å². The Labute approximate surface area is 100 Å². The highest BCUT2D eigenvalue weighted by molar-refractivity contribution is 6.36. The van der Waals surface area contributed by atoms with Crippen LogP contribution in [0.5, 0.6) is 0 Å². The fourth-order valence-corrected chi connectivity index (χ4v) is 1.62. The van der Waals surface area contributed by atoms with Crippen LogP contribution in [-0.2, 0) is 0 Å². The molecule has 0 saturated heterocycles. The second-order valence-electron chi connectivity index (χ2n) is 3.09. The molecule has 0 unspecified atom stereocenters. The summed E-state index contributed by atoms with van der Waals surface area (Å²) in [7, 11) is 0. The van der Waals surface area contributed by atoms with E-state index in [1.807, 2.05) is 0 Å². The molecule has 0 atom stereocenters. The van der Waals surface area contributed by atoms with Gasteiger partial charge in [-0.1, -0.05) is 18.5 Å². The monoisotopic (exact) mass is 258 g/mol. The summed E-state index contributed by atoms with van der Waals surface area (Å²) in [6, 6.07) is 2.03. The first-order valence-corrected chi connectivity index (χ1v) is 4.92. The van der Waals surface area contributed by atoms with E-state index in [1.165, 1.54) is 0 Å². The molecule has 0 bridgehead atoms. The molecule has 0 amide bonds. The van der Waals surface area contributed by atoms with Crippen LogP contribution >= 0.6 is 11.6 Å². The summed E-state index contributed by atoms with van der Waals surface area (Å²) >= 11 is 5.66. The van der Waals surface area contributed by atoms with Crippen molar-refractivity contribution in [2.24, 2.45) is 0 Å². The Bertz CT molecular complexity index is 514. The van der Waals surface area contributed by atoms with Gasteiger partial charge in [-0.15, -0.1) is 0 Å². The van der Waals surface area contributed by atoms with Gasteiger partial charge in [0.15, 0.2) is 5.78 Å². The molecule has 0 N–H and O–H groups in total. The molecule has 0 aliphatic heterocycles. The number of nitro benzene ring substituents is 2. The summed E-state index contributed by atoms with van der Waals surface area (Å²) in [5, 5.41) is 20.8. The third-order valence-corrected chi connectivity index (χ3v) is 2.48. The van der Waals surface area contributed by atoms with Crippen molar-refractivity contribution in [3.8, 4) is 0 Å². The molecule has 0 aromatic heterocycles. The van der Waals surface area contributed by atoms with E-state index < -0.39 is 32.0 Å². The molecule has 1 aromatic rings. The minimum absolute atomic E-state index is 0.0773. The SMILES string of the molecule is CCC(=O)c1ccc([N+](=O)[O-])c([N+](=O)[O-])c1Cl. The number of hydrogen-bond donors (Lipinski definition) is 0. The summed E-state index contributed by atoms with van der Waals surface area (Å²) in [6.45, 7) is 1.56. The zero-order chi connectivity index (χ0) is 13.2. The average molecular weight is 259 g/mol. The number of carbonyl (C=O) groups excluding carboxylic acids is 1. The van der Waals surface area contributed by atoms with E-state index in [-0.39, 0.29) is 12.0 Å². The maximum atomic E-state index is 11.4. The minimum atomic E-state index is -0.965. The van der Waals surface area contributed by atoms with E-state index in [9.17, 15) is 25.0 Å². The molecule has 0 fully saturated rings. The van der Waals surface area contributed by atoms with Crippen LogP contribution in [0.3, 0.4) is 0 Å². The zero-order valence-electron chi connectivity index (χ0n) is 8.68. The number of Topliss-reactive ketones (excluding diaryl/α,β-unsaturated/α-hetero) is 1. The number of halogens is 1. The van der Waals surface area contributed by atoms with Gasteiger partial charge in [0, 0.05) is 18.1 Å². The molecule has 8 heteroatoms. The highest BCUT2D eigenvalue weighted by atomic mass is 35.5. The molecule has 17 heavy (non-hydrogen) atoms. The summed E-state index contributed by atoms with van der Waals surface area (Å²) in [4.78, 5) is 30.8. The van der Waals surface area contributed by atoms with Crippen LogP contribution in [0.2, 0.25) is 5.02 Å². The number of rotatable bonds is 4. The lowest BCUT2D eigenvalue weighted by atomic mass is 10.1. The largest absolute Gasteiger partial charge is 0.365 e. The van der Waals surface area contributed by atoms with Gasteiger partial charge in [0.2, 0.25) is 0 Å². The summed E-state index contributed by atoms with van der Waals surface area (Å²) in [5.41, 5.74) is -1.66. The standard InChI is InChI=1S/C9H7ClN2O5/c1-2-7(13)5-3-4-6(11(14)15)9(8(5)10)12(16)17/h3-4H,2H2,1H3. The third kappa shape index (κ3) is 2.39. The van der Waals surface area contributed by atoms with E-state index >= 15 is 0 Å². The predicted octanol–water partition coefficient (Wildman–Crippen LogP) is 2.75. The van der Waals surface area contributed by atoms with Gasteiger partial charge in [0.25, 0.3) is 0 Å². The summed E-state index contributed by atoms with van der Waals surface area (Å²) in [5.74, 6) is -0.409. The van der Waals surface area contributed by atoms with E-state index in [1.54, 1.807) is 6.92 Å². The average Bonchev–Trinajstić information content (AvgIpc) is 2.26. The summed E-state index contributed by atoms with van der Waals surface area (Å²) < 4.78 is 0. The molecule has 0 spiro atoms. The van der Waals surface area contributed by atoms with Crippen molar-refractivity contribution >= 4 is 28.8 Å². The lowest BCUT2D eigenvalue weighted by molar-refractivity contribution is -0.422. The van der Waals surface area contributed by atoms with Gasteiger partial charge in [-0.05, 0) is 6.07 Å². The van der Waals surface area contributed by atoms with Crippen LogP contribution in [0.15, 0.2) is 12.1 Å². The molecule has 1 aromatic carbocycles. The Morgan fingerprint density at radius 1 is 1.29 bits per heavy atom. The number of hydrogen-bond acceptors (Lipinski definition) is 5. The van der Waals surface area contributed by atoms with Crippen molar-refractivity contribution < 1.29 is 14.6 Å². The maximum absolute atomic E-state index is 11.4. The van der Waals surface area contributed by atoms with Crippen molar-refractivity contribution in [1.82, 2.24) is 0 Å². The Morgan fingerprint density at radius 2 is 1.88 bits per heavy atom. The van der Waals surface area contributed by atoms with Crippen molar-refractivity contribution in [2.45, 2.75) is 13.3 Å². The Hall–Kier alpha value is -2.02. The molecule has 0 heterocycles. The minimum Gasteiger partial charge on any atom is -0.294 e. The quantitative estimate of drug-likeness (QED) is 0.469. The Morgan fingerprint density at radius 3 is 2.29 bits per heavy atom. The Balaban J connectivity index is 3.55. The van der Waals surface area contributed by atoms with E-state index in [4.69, 9.17) is 11.6 Å². The van der Waals surface area contributed by atoms with Crippen LogP contribution in [0.25, 0.3) is 0 Å². The Kier molecular flexibility index (Phi) is 3.74. The van der Waals surface area contributed by atoms with E-state index in [0.717, 1.165) is 12.1 Å². The molecular formula is C9H7ClN2O5. The van der Waals surface area contributed by atoms with E-state index in [0.29, 0.717) is 0 Å². The molecule has 90 valence electrons. The highest BCUT2D eigenvalue weighted by Crippen LogP contribution is 2.37. The molecule has 0 aliphatic carbocycles. The second-order valence-corrected chi connectivity index (χ2v) is 3.46. The lowest BCUT2D eigenvalue weighted by Crippen LogP contribution is -2.03. The van der Waals surface area contributed by atoms with Crippen LogP contribution in [0.1, 0.15) is 23.7 Å². The molecule has 7 nitrogen and oxygen atoms in total. The van der Waals surface area contributed by atoms with Gasteiger partial charge in [-0.25, -0.2) is 0 Å². The highest BCUT2D eigenvalue weighted by Gasteiger charge is 2.31. The molecule has 0 saturated carbocycles. The normalized spacial score (nSPS) is 10.0. The van der Waals surface area contributed by atoms with Crippen LogP contribution in [0.4, 0.5) is 11.4 Å². The van der Waals surface area contributed by atoms with Crippen molar-refractivity contribution in [1.29, 1.82) is 0 Å². The van der Waals surface area contributed by atoms with Gasteiger partial charge in [-0.3, -0.25) is 25.0 Å². The number of nitrogens with zero attached hydrogens (tertiary/aromatic N) is 2. The van der Waals surface area contributed by atoms with Gasteiger partial charge in [0.05, 0.1) is 9.85 Å². The molecule has 0 radical (unpaired) electrons. The van der Waals surface area contributed by atoms with Crippen LogP contribution in [-0.4, -0.2) is 15.6 Å². The van der Waals surface area contributed by atoms with Crippen molar-refractivity contribution in [3.63, 3.8) is 0 Å². The van der Waals surface area contributed by atoms with E-state index in [2.05, 4.69) is 0 Å². The van der Waals surface area contributed by atoms with Gasteiger partial charge >= 0.3 is 11.4 Å². The first-order chi connectivity index (χ1) is 7.90. The molecule has 0 aliphatic rings. The smallest absolute Gasteiger partial charge is 0.294 e. The van der Waals surface area contributed by atoms with Crippen LogP contribution in [0, 0.1) is 20.2 Å². The van der Waals surface area contributed by atoms with Crippen molar-refractivity contribution in [2.75, 3.05) is 0 Å². The predicted molar refractivity (Wildman–Crippen MR) is 59.4 cm³/mol. The lowest BCUT2D eigenvalue weighted by Gasteiger charge is -2.02. The molecular weight excluding hydrogens is 252 g/mol. The number of benzene rings is 1. The molecule has 1 rings (SSSR count). The number of carbonyl (C=O) groups is 1. The summed E-state index contributed by atoms with van der Waals surface area (Å²) in [6.07, 6.45) is 0.106. The third-order valence-electron chi connectivity index (χ3n) is 2.10. The zero-order valence-corrected chi connectivity index (χ0v) is 9.43. The fraction of sp³-hybridized carbons (Fsp3) is 0.222. The number of ketones is 1. The van der Waals surface area contributed by atoms with Gasteiger partial charge < -0.3 is 0 Å². The fourth-order valence-electron chi connectivity index (χ4n) is 1.28. The first kappa shape index (κ1) is 13.0. The second kappa shape index (κ2) is 4.88. The maximum Gasteiger partial charge on any atom is 0.365 e. The van der Waals surface area contributed by atoms with Gasteiger partial charge in [0.1, 0.15) is 5.02 Å². The number of nitro groups is 2.